The molecule has 1 radical (unpaired) electrons. The van der Waals surface area contributed by atoms with Gasteiger partial charge in [-0.1, -0.05) is 0 Å². The average molecular weight is 213 g/mol. The molecule has 0 aliphatic rings. The maximum absolute atomic E-state index is 10.8. The standard InChI is InChI=1S/C7H14O4.V/c1-7(10-3,11-4)5-6(8)9-2;/h5H2,1-4H3;. The first-order valence-corrected chi connectivity index (χ1v) is 3.25. The van der Waals surface area contributed by atoms with Crippen molar-refractivity contribution in [2.75, 3.05) is 21.3 Å². The van der Waals surface area contributed by atoms with Gasteiger partial charge in [0, 0.05) is 32.8 Å². The van der Waals surface area contributed by atoms with Gasteiger partial charge >= 0.3 is 5.97 Å². The maximum atomic E-state index is 10.8. The molecule has 0 heterocycles. The molecule has 0 unspecified atom stereocenters. The van der Waals surface area contributed by atoms with Gasteiger partial charge in [-0.2, -0.15) is 0 Å². The van der Waals surface area contributed by atoms with E-state index in [-0.39, 0.29) is 30.9 Å². The second-order valence-electron chi connectivity index (χ2n) is 2.29. The van der Waals surface area contributed by atoms with Gasteiger partial charge in [0.05, 0.1) is 13.5 Å². The van der Waals surface area contributed by atoms with Crippen LogP contribution in [0.25, 0.3) is 0 Å². The van der Waals surface area contributed by atoms with Crippen molar-refractivity contribution in [3.8, 4) is 0 Å². The van der Waals surface area contributed by atoms with Crippen LogP contribution in [0.5, 0.6) is 0 Å². The number of rotatable bonds is 4. The Morgan fingerprint density at radius 1 is 1.25 bits per heavy atom. The second kappa shape index (κ2) is 6.49. The topological polar surface area (TPSA) is 44.8 Å². The van der Waals surface area contributed by atoms with Crippen LogP contribution in [0.1, 0.15) is 13.3 Å². The summed E-state index contributed by atoms with van der Waals surface area (Å²) in [6.45, 7) is 1.67. The zero-order valence-electron chi connectivity index (χ0n) is 7.79. The molecule has 0 rings (SSSR count). The molecule has 4 nitrogen and oxygen atoms in total. The summed E-state index contributed by atoms with van der Waals surface area (Å²) in [4.78, 5) is 10.8. The van der Waals surface area contributed by atoms with Gasteiger partial charge in [0.15, 0.2) is 5.79 Å². The molecule has 0 N–H and O–H groups in total. The first kappa shape index (κ1) is 14.5. The summed E-state index contributed by atoms with van der Waals surface area (Å²) in [5.41, 5.74) is 0. The van der Waals surface area contributed by atoms with Gasteiger partial charge in [0.1, 0.15) is 0 Å². The molecule has 5 heteroatoms. The number of methoxy groups -OCH3 is 3. The molecule has 0 saturated heterocycles. The number of carbonyl (C=O) groups excluding carboxylic acids is 1. The molecule has 0 spiro atoms. The number of hydrogen-bond acceptors (Lipinski definition) is 4. The van der Waals surface area contributed by atoms with E-state index in [9.17, 15) is 4.79 Å². The fourth-order valence-corrected chi connectivity index (χ4v) is 0.562. The zero-order valence-corrected chi connectivity index (χ0v) is 9.18. The summed E-state index contributed by atoms with van der Waals surface area (Å²) < 4.78 is 14.3. The Hall–Kier alpha value is -0.0256. The number of hydrogen-bond donors (Lipinski definition) is 0. The van der Waals surface area contributed by atoms with Gasteiger partial charge in [-0.3, -0.25) is 4.79 Å². The Morgan fingerprint density at radius 3 is 1.92 bits per heavy atom. The average Bonchev–Trinajstić information content (AvgIpc) is 2.04. The molecule has 0 fully saturated rings. The Morgan fingerprint density at radius 2 is 1.67 bits per heavy atom. The summed E-state index contributed by atoms with van der Waals surface area (Å²) in [6.07, 6.45) is 0.0938. The Labute approximate surface area is 84.4 Å². The molecule has 0 bridgehead atoms. The molecule has 0 aliphatic heterocycles. The van der Waals surface area contributed by atoms with Gasteiger partial charge in [-0.15, -0.1) is 0 Å². The third-order valence-electron chi connectivity index (χ3n) is 1.56. The van der Waals surface area contributed by atoms with E-state index in [1.165, 1.54) is 21.3 Å². The minimum atomic E-state index is -0.868. The van der Waals surface area contributed by atoms with Crippen molar-refractivity contribution in [3.05, 3.63) is 0 Å². The molecule has 71 valence electrons. The number of ether oxygens (including phenoxy) is 3. The van der Waals surface area contributed by atoms with Crippen LogP contribution >= 0.6 is 0 Å². The molecule has 0 amide bonds. The van der Waals surface area contributed by atoms with Crippen LogP contribution in [0.4, 0.5) is 0 Å². The quantitative estimate of drug-likeness (QED) is 0.505. The Bertz CT molecular complexity index is 133. The van der Waals surface area contributed by atoms with Crippen molar-refractivity contribution in [3.63, 3.8) is 0 Å². The molecule has 12 heavy (non-hydrogen) atoms. The number of esters is 1. The molecule has 0 aromatic rings. The third kappa shape index (κ3) is 4.77. The van der Waals surface area contributed by atoms with Crippen LogP contribution < -0.4 is 0 Å². The van der Waals surface area contributed by atoms with Crippen molar-refractivity contribution >= 4 is 5.97 Å². The SMILES string of the molecule is COC(=O)CC(C)(OC)OC.[V]. The minimum Gasteiger partial charge on any atom is -0.469 e. The van der Waals surface area contributed by atoms with Gasteiger partial charge in [0.25, 0.3) is 0 Å². The van der Waals surface area contributed by atoms with Crippen molar-refractivity contribution in [2.24, 2.45) is 0 Å². The van der Waals surface area contributed by atoms with E-state index in [1.807, 2.05) is 0 Å². The third-order valence-corrected chi connectivity index (χ3v) is 1.56. The molecular formula is C7H14O4V. The van der Waals surface area contributed by atoms with Crippen LogP contribution in [-0.4, -0.2) is 33.1 Å². The fourth-order valence-electron chi connectivity index (χ4n) is 0.562. The van der Waals surface area contributed by atoms with Crippen molar-refractivity contribution in [1.82, 2.24) is 0 Å². The largest absolute Gasteiger partial charge is 0.469 e. The predicted octanol–water partition coefficient (Wildman–Crippen LogP) is 0.556. The normalized spacial score (nSPS) is 10.3. The van der Waals surface area contributed by atoms with Gasteiger partial charge in [-0.05, 0) is 6.92 Å². The molecule has 0 saturated carbocycles. The molecular weight excluding hydrogens is 199 g/mol. The van der Waals surface area contributed by atoms with Crippen LogP contribution in [0.15, 0.2) is 0 Å². The summed E-state index contributed by atoms with van der Waals surface area (Å²) in [5.74, 6) is -1.22. The van der Waals surface area contributed by atoms with Crippen LogP contribution in [-0.2, 0) is 37.6 Å². The van der Waals surface area contributed by atoms with Crippen LogP contribution in [0, 0.1) is 0 Å². The number of carbonyl (C=O) groups is 1. The van der Waals surface area contributed by atoms with E-state index >= 15 is 0 Å². The van der Waals surface area contributed by atoms with Gasteiger partial charge < -0.3 is 14.2 Å². The molecule has 0 aromatic heterocycles. The summed E-state index contributed by atoms with van der Waals surface area (Å²) in [5, 5.41) is 0. The fraction of sp³-hybridized carbons (Fsp3) is 0.857. The Kier molecular flexibility index (Phi) is 7.84. The Balaban J connectivity index is 0. The summed E-state index contributed by atoms with van der Waals surface area (Å²) >= 11 is 0. The van der Waals surface area contributed by atoms with E-state index in [4.69, 9.17) is 9.47 Å². The van der Waals surface area contributed by atoms with E-state index < -0.39 is 5.79 Å². The van der Waals surface area contributed by atoms with Crippen molar-refractivity contribution in [2.45, 2.75) is 19.1 Å². The smallest absolute Gasteiger partial charge is 0.310 e. The predicted molar refractivity (Wildman–Crippen MR) is 39.1 cm³/mol. The van der Waals surface area contributed by atoms with E-state index in [2.05, 4.69) is 4.74 Å². The van der Waals surface area contributed by atoms with Gasteiger partial charge in [0.2, 0.25) is 0 Å². The van der Waals surface area contributed by atoms with Gasteiger partial charge in [-0.25, -0.2) is 0 Å². The molecule has 0 aliphatic carbocycles. The van der Waals surface area contributed by atoms with E-state index in [0.29, 0.717) is 0 Å². The molecule has 0 atom stereocenters. The summed E-state index contributed by atoms with van der Waals surface area (Å²) in [6, 6.07) is 0. The zero-order chi connectivity index (χ0) is 8.91. The van der Waals surface area contributed by atoms with Crippen molar-refractivity contribution < 1.29 is 37.6 Å². The van der Waals surface area contributed by atoms with Crippen molar-refractivity contribution in [1.29, 1.82) is 0 Å². The second-order valence-corrected chi connectivity index (χ2v) is 2.29. The first-order chi connectivity index (χ1) is 5.08. The van der Waals surface area contributed by atoms with E-state index in [0.717, 1.165) is 0 Å². The summed E-state index contributed by atoms with van der Waals surface area (Å²) in [7, 11) is 4.28. The first-order valence-electron chi connectivity index (χ1n) is 3.25. The van der Waals surface area contributed by atoms with E-state index in [1.54, 1.807) is 6.92 Å². The van der Waals surface area contributed by atoms with Crippen LogP contribution in [0.3, 0.4) is 0 Å². The van der Waals surface area contributed by atoms with Crippen LogP contribution in [0.2, 0.25) is 0 Å². The minimum absolute atomic E-state index is 0. The monoisotopic (exact) mass is 213 g/mol. The maximum Gasteiger partial charge on any atom is 0.310 e. The molecule has 0 aromatic carbocycles.